The fourth-order valence-corrected chi connectivity index (χ4v) is 3.13. The van der Waals surface area contributed by atoms with Gasteiger partial charge in [-0.15, -0.1) is 0 Å². The van der Waals surface area contributed by atoms with Gasteiger partial charge in [0, 0.05) is 18.3 Å². The Kier molecular flexibility index (Phi) is 7.28. The van der Waals surface area contributed by atoms with Gasteiger partial charge in [-0.25, -0.2) is 0 Å². The first-order valence-electron chi connectivity index (χ1n) is 9.31. The smallest absolute Gasteiger partial charge is 0.256 e. The maximum atomic E-state index is 12.9. The second-order valence-electron chi connectivity index (χ2n) is 6.70. The highest BCUT2D eigenvalue weighted by Gasteiger charge is 2.19. The fourth-order valence-electron chi connectivity index (χ4n) is 2.83. The Labute approximate surface area is 189 Å². The summed E-state index contributed by atoms with van der Waals surface area (Å²) in [6.07, 6.45) is 0. The molecule has 0 radical (unpaired) electrons. The molecule has 3 rings (SSSR count). The van der Waals surface area contributed by atoms with Crippen LogP contribution in [0.5, 0.6) is 0 Å². The number of halogens is 2. The predicted molar refractivity (Wildman–Crippen MR) is 123 cm³/mol. The summed E-state index contributed by atoms with van der Waals surface area (Å²) in [6, 6.07) is 20.0. The molecule has 6 nitrogen and oxygen atoms in total. The zero-order valence-corrected chi connectivity index (χ0v) is 18.1. The predicted octanol–water partition coefficient (Wildman–Crippen LogP) is 4.96. The molecule has 0 saturated carbocycles. The number of hydrogen-bond acceptors (Lipinski definition) is 3. The summed E-state index contributed by atoms with van der Waals surface area (Å²) in [5.74, 6) is -1.14. The molecule has 0 spiro atoms. The van der Waals surface area contributed by atoms with Crippen LogP contribution in [0.3, 0.4) is 0 Å². The zero-order valence-electron chi connectivity index (χ0n) is 16.6. The number of anilines is 2. The normalized spacial score (nSPS) is 10.3. The van der Waals surface area contributed by atoms with Crippen LogP contribution >= 0.6 is 23.2 Å². The van der Waals surface area contributed by atoms with Gasteiger partial charge in [-0.2, -0.15) is 0 Å². The average Bonchev–Trinajstić information content (AvgIpc) is 2.76. The van der Waals surface area contributed by atoms with Crippen molar-refractivity contribution in [3.05, 3.63) is 94.0 Å². The first-order chi connectivity index (χ1) is 14.8. The van der Waals surface area contributed by atoms with Crippen molar-refractivity contribution in [1.29, 1.82) is 0 Å². The van der Waals surface area contributed by atoms with Crippen LogP contribution in [-0.2, 0) is 4.79 Å². The van der Waals surface area contributed by atoms with Crippen molar-refractivity contribution in [3.63, 3.8) is 0 Å². The number of rotatable bonds is 6. The fraction of sp³-hybridized carbons (Fsp3) is 0.0870. The van der Waals surface area contributed by atoms with Crippen LogP contribution in [0, 0.1) is 0 Å². The summed E-state index contributed by atoms with van der Waals surface area (Å²) < 4.78 is 0. The number of benzene rings is 3. The highest BCUT2D eigenvalue weighted by atomic mass is 35.5. The number of nitrogens with zero attached hydrogens (tertiary/aromatic N) is 1. The van der Waals surface area contributed by atoms with Crippen LogP contribution in [-0.4, -0.2) is 36.2 Å². The van der Waals surface area contributed by atoms with Gasteiger partial charge in [-0.1, -0.05) is 53.5 Å². The van der Waals surface area contributed by atoms with Crippen LogP contribution in [0.4, 0.5) is 11.4 Å². The number of para-hydroxylation sites is 1. The minimum Gasteiger partial charge on any atom is -0.332 e. The Bertz CT molecular complexity index is 1120. The molecule has 0 bridgehead atoms. The lowest BCUT2D eigenvalue weighted by Gasteiger charge is -2.19. The van der Waals surface area contributed by atoms with Gasteiger partial charge in [-0.05, 0) is 42.5 Å². The van der Waals surface area contributed by atoms with Gasteiger partial charge in [0.25, 0.3) is 11.8 Å². The third kappa shape index (κ3) is 5.84. The molecule has 0 aliphatic heterocycles. The van der Waals surface area contributed by atoms with E-state index in [-0.39, 0.29) is 18.0 Å². The molecule has 0 unspecified atom stereocenters. The van der Waals surface area contributed by atoms with Crippen LogP contribution in [0.1, 0.15) is 20.7 Å². The Morgan fingerprint density at radius 2 is 1.52 bits per heavy atom. The zero-order chi connectivity index (χ0) is 22.4. The standard InChI is InChI=1S/C23H19Cl2N3O3/c1-28(14-21(29)26-16-11-12-18(24)19(25)13-16)23(31)17-9-5-6-10-20(17)27-22(30)15-7-3-2-4-8-15/h2-13H,14H2,1H3,(H,26,29)(H,27,30). The Morgan fingerprint density at radius 3 is 2.23 bits per heavy atom. The molecule has 0 heterocycles. The third-order valence-electron chi connectivity index (χ3n) is 4.37. The van der Waals surface area contributed by atoms with Crippen molar-refractivity contribution >= 4 is 52.3 Å². The molecule has 0 saturated heterocycles. The lowest BCUT2D eigenvalue weighted by atomic mass is 10.1. The van der Waals surface area contributed by atoms with Gasteiger partial charge in [0.1, 0.15) is 0 Å². The van der Waals surface area contributed by atoms with Gasteiger partial charge >= 0.3 is 0 Å². The van der Waals surface area contributed by atoms with E-state index in [0.29, 0.717) is 27.0 Å². The molecule has 0 fully saturated rings. The number of amides is 3. The molecule has 3 aromatic rings. The number of carbonyl (C=O) groups excluding carboxylic acids is 3. The minimum atomic E-state index is -0.409. The maximum Gasteiger partial charge on any atom is 0.256 e. The molecule has 2 N–H and O–H groups in total. The molecular weight excluding hydrogens is 437 g/mol. The lowest BCUT2D eigenvalue weighted by molar-refractivity contribution is -0.116. The van der Waals surface area contributed by atoms with E-state index in [9.17, 15) is 14.4 Å². The summed E-state index contributed by atoms with van der Waals surface area (Å²) in [5, 5.41) is 6.11. The summed E-state index contributed by atoms with van der Waals surface area (Å²) in [5.41, 5.74) is 1.57. The number of likely N-dealkylation sites (N-methyl/N-ethyl adjacent to an activating group) is 1. The van der Waals surface area contributed by atoms with Gasteiger partial charge in [0.2, 0.25) is 5.91 Å². The van der Waals surface area contributed by atoms with Crippen molar-refractivity contribution < 1.29 is 14.4 Å². The van der Waals surface area contributed by atoms with E-state index in [0.717, 1.165) is 0 Å². The van der Waals surface area contributed by atoms with E-state index >= 15 is 0 Å². The maximum absolute atomic E-state index is 12.9. The molecule has 31 heavy (non-hydrogen) atoms. The topological polar surface area (TPSA) is 78.5 Å². The van der Waals surface area contributed by atoms with Crippen LogP contribution in [0.2, 0.25) is 10.0 Å². The third-order valence-corrected chi connectivity index (χ3v) is 5.11. The molecule has 3 aromatic carbocycles. The SMILES string of the molecule is CN(CC(=O)Nc1ccc(Cl)c(Cl)c1)C(=O)c1ccccc1NC(=O)c1ccccc1. The molecule has 0 aliphatic carbocycles. The minimum absolute atomic E-state index is 0.194. The number of carbonyl (C=O) groups is 3. The largest absolute Gasteiger partial charge is 0.332 e. The molecule has 0 aromatic heterocycles. The second kappa shape index (κ2) is 10.1. The second-order valence-corrected chi connectivity index (χ2v) is 7.52. The van der Waals surface area contributed by atoms with Crippen molar-refractivity contribution in [2.45, 2.75) is 0 Å². The van der Waals surface area contributed by atoms with E-state index in [1.807, 2.05) is 6.07 Å². The van der Waals surface area contributed by atoms with Crippen molar-refractivity contribution in [1.82, 2.24) is 4.90 Å². The summed E-state index contributed by atoms with van der Waals surface area (Å²) >= 11 is 11.8. The van der Waals surface area contributed by atoms with E-state index in [2.05, 4.69) is 10.6 Å². The monoisotopic (exact) mass is 455 g/mol. The molecule has 8 heteroatoms. The van der Waals surface area contributed by atoms with Gasteiger partial charge in [-0.3, -0.25) is 14.4 Å². The molecule has 158 valence electrons. The Hall–Kier alpha value is -3.35. The van der Waals surface area contributed by atoms with E-state index < -0.39 is 11.8 Å². The first-order valence-corrected chi connectivity index (χ1v) is 10.1. The first kappa shape index (κ1) is 22.3. The summed E-state index contributed by atoms with van der Waals surface area (Å²) in [7, 11) is 1.51. The summed E-state index contributed by atoms with van der Waals surface area (Å²) in [6.45, 7) is -0.194. The Morgan fingerprint density at radius 1 is 0.839 bits per heavy atom. The van der Waals surface area contributed by atoms with E-state index in [1.165, 1.54) is 18.0 Å². The van der Waals surface area contributed by atoms with Crippen molar-refractivity contribution in [2.75, 3.05) is 24.2 Å². The van der Waals surface area contributed by atoms with Gasteiger partial charge < -0.3 is 15.5 Å². The highest BCUT2D eigenvalue weighted by molar-refractivity contribution is 6.42. The molecule has 0 aliphatic rings. The van der Waals surface area contributed by atoms with Crippen LogP contribution in [0.25, 0.3) is 0 Å². The number of hydrogen-bond donors (Lipinski definition) is 2. The number of nitrogens with one attached hydrogen (secondary N) is 2. The average molecular weight is 456 g/mol. The Balaban J connectivity index is 1.68. The molecular formula is C23H19Cl2N3O3. The van der Waals surface area contributed by atoms with E-state index in [1.54, 1.807) is 60.7 Å². The summed E-state index contributed by atoms with van der Waals surface area (Å²) in [4.78, 5) is 39.0. The van der Waals surface area contributed by atoms with Crippen molar-refractivity contribution in [2.24, 2.45) is 0 Å². The lowest BCUT2D eigenvalue weighted by Crippen LogP contribution is -2.35. The quantitative estimate of drug-likeness (QED) is 0.551. The van der Waals surface area contributed by atoms with Crippen molar-refractivity contribution in [3.8, 4) is 0 Å². The highest BCUT2D eigenvalue weighted by Crippen LogP contribution is 2.25. The van der Waals surface area contributed by atoms with Crippen LogP contribution in [0.15, 0.2) is 72.8 Å². The molecule has 3 amide bonds. The van der Waals surface area contributed by atoms with E-state index in [4.69, 9.17) is 23.2 Å². The molecule has 0 atom stereocenters. The van der Waals surface area contributed by atoms with Crippen LogP contribution < -0.4 is 10.6 Å². The van der Waals surface area contributed by atoms with Gasteiger partial charge in [0.05, 0.1) is 27.8 Å². The van der Waals surface area contributed by atoms with Gasteiger partial charge in [0.15, 0.2) is 0 Å².